The molecule has 1 fully saturated rings. The first kappa shape index (κ1) is 26.0. The number of pyridine rings is 1. The summed E-state index contributed by atoms with van der Waals surface area (Å²) in [6.07, 6.45) is -3.29. The van der Waals surface area contributed by atoms with Crippen molar-refractivity contribution in [2.75, 3.05) is 6.61 Å². The maximum Gasteiger partial charge on any atom is 0.323 e. The highest BCUT2D eigenvalue weighted by Crippen LogP contribution is 2.33. The second-order valence-corrected chi connectivity index (χ2v) is 7.51. The number of carboxylic acids is 1. The molecular weight excluding hydrogens is 429 g/mol. The van der Waals surface area contributed by atoms with E-state index in [1.807, 2.05) is 0 Å². The van der Waals surface area contributed by atoms with Gasteiger partial charge in [-0.15, -0.1) is 0 Å². The molecule has 15 heteroatoms. The number of amides is 1. The number of rotatable bonds is 7. The zero-order valence-corrected chi connectivity index (χ0v) is 16.6. The third kappa shape index (κ3) is 7.68. The second kappa shape index (κ2) is 10.9. The fraction of sp³-hybridized carbons (Fsp3) is 0.533. The minimum atomic E-state index is -4.97. The summed E-state index contributed by atoms with van der Waals surface area (Å²) in [7, 11) is -4.97. The number of carbonyl (C=O) groups is 2. The average Bonchev–Trinajstić information content (AvgIpc) is 2.94. The van der Waals surface area contributed by atoms with Crippen LogP contribution < -0.4 is 20.9 Å². The number of phosphoric ester groups is 1. The van der Waals surface area contributed by atoms with Crippen molar-refractivity contribution >= 4 is 19.7 Å². The summed E-state index contributed by atoms with van der Waals surface area (Å²) < 4.78 is 21.3. The number of hydrogen-bond acceptors (Lipinski definition) is 10. The van der Waals surface area contributed by atoms with Crippen LogP contribution in [0.4, 0.5) is 0 Å². The molecule has 1 saturated heterocycles. The van der Waals surface area contributed by atoms with E-state index in [0.717, 1.165) is 0 Å². The predicted octanol–water partition coefficient (Wildman–Crippen LogP) is -4.05. The molecular formula is C15H24N3O11P. The topological polar surface area (TPSA) is 250 Å². The Labute approximate surface area is 170 Å². The molecule has 1 amide bonds. The fourth-order valence-corrected chi connectivity index (χ4v) is 2.62. The van der Waals surface area contributed by atoms with Crippen LogP contribution in [0.15, 0.2) is 24.5 Å². The first-order chi connectivity index (χ1) is 13.7. The molecule has 0 bridgehead atoms. The predicted molar refractivity (Wildman–Crippen MR) is 94.1 cm³/mol. The molecule has 1 aliphatic rings. The van der Waals surface area contributed by atoms with Crippen LogP contribution in [0.2, 0.25) is 0 Å². The standard InChI is InChI=1S/C11H15N2O8P.C4H9NO3/c12-10(16)6-2-1-3-13(4-6)11-9(15)8(14)7(21-11)5-20-22(17,18)19;1-2(6)3(5)4(7)8/h1-4,7-9,11,14-15H,5H2,(H3-,12,16,17,18,19);2-3,6H,5H2,1H3,(H,7,8)/t7-,8-,9-,11-;/m1./s1. The van der Waals surface area contributed by atoms with Gasteiger partial charge in [0.2, 0.25) is 0 Å². The van der Waals surface area contributed by atoms with Gasteiger partial charge in [-0.2, -0.15) is 4.57 Å². The molecule has 14 nitrogen and oxygen atoms in total. The van der Waals surface area contributed by atoms with Crippen molar-refractivity contribution in [1.29, 1.82) is 0 Å². The molecule has 2 heterocycles. The third-order valence-corrected chi connectivity index (χ3v) is 4.42. The van der Waals surface area contributed by atoms with Gasteiger partial charge in [0, 0.05) is 6.07 Å². The maximum absolute atomic E-state index is 11.1. The minimum Gasteiger partial charge on any atom is -0.756 e. The summed E-state index contributed by atoms with van der Waals surface area (Å²) in [5, 5.41) is 36.3. The Balaban J connectivity index is 0.000000479. The summed E-state index contributed by atoms with van der Waals surface area (Å²) >= 11 is 0. The molecule has 170 valence electrons. The third-order valence-electron chi connectivity index (χ3n) is 3.94. The maximum atomic E-state index is 11.1. The first-order valence-electron chi connectivity index (χ1n) is 8.41. The van der Waals surface area contributed by atoms with E-state index in [2.05, 4.69) is 4.52 Å². The number of nitrogens with zero attached hydrogens (tertiary/aromatic N) is 1. The molecule has 2 rings (SSSR count). The van der Waals surface area contributed by atoms with Gasteiger partial charge in [0.05, 0.1) is 12.7 Å². The highest BCUT2D eigenvalue weighted by atomic mass is 31.2. The van der Waals surface area contributed by atoms with E-state index in [-0.39, 0.29) is 5.56 Å². The lowest BCUT2D eigenvalue weighted by atomic mass is 10.1. The lowest BCUT2D eigenvalue weighted by Crippen LogP contribution is -2.46. The number of carbonyl (C=O) groups excluding carboxylic acids is 1. The lowest BCUT2D eigenvalue weighted by molar-refractivity contribution is -0.765. The molecule has 30 heavy (non-hydrogen) atoms. The SMILES string of the molecule is CC(O)C(N)C(=O)O.NC(=O)c1ccc[n+]([C@@H]2O[C@H](COP(=O)([O-])O)[C@@H](O)[C@H]2O)c1. The van der Waals surface area contributed by atoms with Crippen molar-refractivity contribution in [3.8, 4) is 0 Å². The number of primary amides is 1. The van der Waals surface area contributed by atoms with E-state index in [1.165, 1.54) is 36.0 Å². The van der Waals surface area contributed by atoms with Crippen LogP contribution in [0.25, 0.3) is 0 Å². The number of aromatic nitrogens is 1. The largest absolute Gasteiger partial charge is 0.756 e. The number of ether oxygens (including phenoxy) is 1. The Bertz CT molecular complexity index is 787. The van der Waals surface area contributed by atoms with Crippen molar-refractivity contribution in [2.45, 2.75) is 43.6 Å². The van der Waals surface area contributed by atoms with Crippen LogP contribution in [0, 0.1) is 0 Å². The number of carboxylic acid groups (broad SMARTS) is 1. The van der Waals surface area contributed by atoms with Crippen LogP contribution in [0.5, 0.6) is 0 Å². The Morgan fingerprint density at radius 2 is 2.00 bits per heavy atom. The zero-order chi connectivity index (χ0) is 23.2. The smallest absolute Gasteiger partial charge is 0.323 e. The summed E-state index contributed by atoms with van der Waals surface area (Å²) in [6.45, 7) is 0.668. The van der Waals surface area contributed by atoms with Gasteiger partial charge < -0.3 is 50.9 Å². The fourth-order valence-electron chi connectivity index (χ4n) is 2.28. The van der Waals surface area contributed by atoms with Gasteiger partial charge in [0.25, 0.3) is 20.0 Å². The van der Waals surface area contributed by atoms with Gasteiger partial charge in [0.1, 0.15) is 23.8 Å². The molecule has 0 radical (unpaired) electrons. The summed E-state index contributed by atoms with van der Waals surface area (Å²) in [4.78, 5) is 40.1. The van der Waals surface area contributed by atoms with Crippen LogP contribution in [-0.4, -0.2) is 74.3 Å². The van der Waals surface area contributed by atoms with Crippen molar-refractivity contribution in [3.63, 3.8) is 0 Å². The van der Waals surface area contributed by atoms with Gasteiger partial charge in [-0.25, -0.2) is 0 Å². The summed E-state index contributed by atoms with van der Waals surface area (Å²) in [5.41, 5.74) is 10.2. The zero-order valence-electron chi connectivity index (χ0n) is 15.7. The van der Waals surface area contributed by atoms with Crippen LogP contribution >= 0.6 is 7.82 Å². The van der Waals surface area contributed by atoms with E-state index >= 15 is 0 Å². The number of phosphoric acid groups is 1. The highest BCUT2D eigenvalue weighted by Gasteiger charge is 2.48. The molecule has 0 aromatic carbocycles. The number of aliphatic hydroxyl groups is 3. The molecule has 0 saturated carbocycles. The van der Waals surface area contributed by atoms with E-state index in [9.17, 15) is 29.3 Å². The van der Waals surface area contributed by atoms with Crippen LogP contribution in [0.3, 0.4) is 0 Å². The lowest BCUT2D eigenvalue weighted by Gasteiger charge is -2.19. The molecule has 0 spiro atoms. The second-order valence-electron chi connectivity index (χ2n) is 6.32. The van der Waals surface area contributed by atoms with Crippen molar-refractivity contribution in [1.82, 2.24) is 0 Å². The molecule has 1 aromatic rings. The molecule has 0 aliphatic carbocycles. The monoisotopic (exact) mass is 453 g/mol. The van der Waals surface area contributed by atoms with E-state index < -0.39 is 63.0 Å². The van der Waals surface area contributed by atoms with Crippen LogP contribution in [0.1, 0.15) is 23.5 Å². The van der Waals surface area contributed by atoms with E-state index in [4.69, 9.17) is 31.3 Å². The van der Waals surface area contributed by atoms with Crippen molar-refractivity contribution < 1.29 is 58.2 Å². The van der Waals surface area contributed by atoms with Crippen molar-refractivity contribution in [3.05, 3.63) is 30.1 Å². The number of aliphatic carboxylic acids is 1. The van der Waals surface area contributed by atoms with E-state index in [1.54, 1.807) is 0 Å². The number of nitrogens with two attached hydrogens (primary N) is 2. The van der Waals surface area contributed by atoms with E-state index in [0.29, 0.717) is 0 Å². The number of aliphatic hydroxyl groups excluding tert-OH is 3. The van der Waals surface area contributed by atoms with Gasteiger partial charge >= 0.3 is 5.97 Å². The Morgan fingerprint density at radius 1 is 1.40 bits per heavy atom. The van der Waals surface area contributed by atoms with Gasteiger partial charge in [0.15, 0.2) is 18.5 Å². The molecule has 9 N–H and O–H groups in total. The number of hydrogen-bond donors (Lipinski definition) is 7. The van der Waals surface area contributed by atoms with Gasteiger partial charge in [-0.05, 0) is 13.0 Å². The highest BCUT2D eigenvalue weighted by molar-refractivity contribution is 7.44. The summed E-state index contributed by atoms with van der Waals surface area (Å²) in [6, 6.07) is 1.79. The minimum absolute atomic E-state index is 0.159. The van der Waals surface area contributed by atoms with Crippen molar-refractivity contribution in [2.24, 2.45) is 11.5 Å². The Kier molecular flexibility index (Phi) is 9.42. The molecule has 3 unspecified atom stereocenters. The first-order valence-corrected chi connectivity index (χ1v) is 9.91. The van der Waals surface area contributed by atoms with Crippen LogP contribution in [-0.2, 0) is 18.6 Å². The normalized spacial score (nSPS) is 27.3. The van der Waals surface area contributed by atoms with Gasteiger partial charge in [-0.1, -0.05) is 0 Å². The average molecular weight is 453 g/mol. The Morgan fingerprint density at radius 3 is 2.43 bits per heavy atom. The molecule has 7 atom stereocenters. The molecule has 1 aliphatic heterocycles. The Hall–Kier alpha value is -2.00. The van der Waals surface area contributed by atoms with Gasteiger partial charge in [-0.3, -0.25) is 14.2 Å². The quantitative estimate of drug-likeness (QED) is 0.154. The summed E-state index contributed by atoms with van der Waals surface area (Å²) in [5.74, 6) is -1.87. The molecule has 1 aromatic heterocycles.